The monoisotopic (exact) mass is 214 g/mol. The van der Waals surface area contributed by atoms with Crippen LogP contribution in [0.2, 0.25) is 32.7 Å². The molecule has 0 aliphatic rings. The molecular formula is C6H19KN2Si2. The minimum atomic E-state index is -1.75. The molecule has 5 heteroatoms. The van der Waals surface area contributed by atoms with Gasteiger partial charge in [-0.15, -0.1) is 0 Å². The normalized spacial score (nSPS) is 13.1. The maximum Gasteiger partial charge on any atom is 1.00 e. The largest absolute Gasteiger partial charge is 1.00 e. The van der Waals surface area contributed by atoms with Gasteiger partial charge >= 0.3 is 51.4 Å². The molecule has 0 atom stereocenters. The number of nitrogens with zero attached hydrogens (tertiary/aromatic N) is 1. The van der Waals surface area contributed by atoms with E-state index in [2.05, 4.69) is 44.0 Å². The number of hydrogen-bond donors (Lipinski definition) is 0. The van der Waals surface area contributed by atoms with E-state index in [1.807, 2.05) is 0 Å². The van der Waals surface area contributed by atoms with E-state index in [9.17, 15) is 0 Å². The molecule has 0 aromatic heterocycles. The first-order valence-electron chi connectivity index (χ1n) is 3.64. The quantitative estimate of drug-likeness (QED) is 0.570. The maximum atomic E-state index is 7.89. The molecule has 62 valence electrons. The molecule has 0 radical (unpaired) electrons. The van der Waals surface area contributed by atoms with Gasteiger partial charge in [0.1, 0.15) is 8.24 Å². The summed E-state index contributed by atoms with van der Waals surface area (Å²) < 4.78 is 2.32. The van der Waals surface area contributed by atoms with Crippen molar-refractivity contribution in [3.63, 3.8) is 0 Å². The predicted octanol–water partition coefficient (Wildman–Crippen LogP) is -0.489. The molecule has 0 fully saturated rings. The summed E-state index contributed by atoms with van der Waals surface area (Å²) in [6.07, 6.45) is 0. The summed E-state index contributed by atoms with van der Waals surface area (Å²) in [5.74, 6) is 0. The van der Waals surface area contributed by atoms with Crippen molar-refractivity contribution in [1.29, 1.82) is 0 Å². The van der Waals surface area contributed by atoms with Gasteiger partial charge in [0.05, 0.1) is 0 Å². The summed E-state index contributed by atoms with van der Waals surface area (Å²) >= 11 is 0. The van der Waals surface area contributed by atoms with Gasteiger partial charge < -0.3 is 9.63 Å². The first-order chi connectivity index (χ1) is 4.15. The minimum Gasteiger partial charge on any atom is -0.668 e. The second-order valence-corrected chi connectivity index (χ2v) is 13.5. The first kappa shape index (κ1) is 15.5. The van der Waals surface area contributed by atoms with Crippen molar-refractivity contribution in [3.8, 4) is 0 Å². The molecule has 11 heavy (non-hydrogen) atoms. The van der Waals surface area contributed by atoms with E-state index in [0.29, 0.717) is 0 Å². The van der Waals surface area contributed by atoms with Crippen LogP contribution in [0, 0.1) is 0 Å². The van der Waals surface area contributed by atoms with Gasteiger partial charge in [0.25, 0.3) is 0 Å². The molecule has 0 unspecified atom stereocenters. The minimum absolute atomic E-state index is 0. The Kier molecular flexibility index (Phi) is 7.05. The van der Waals surface area contributed by atoms with Crippen LogP contribution in [0.1, 0.15) is 0 Å². The third-order valence-corrected chi connectivity index (χ3v) is 9.22. The Morgan fingerprint density at radius 3 is 1.27 bits per heavy atom. The Morgan fingerprint density at radius 1 is 1.00 bits per heavy atom. The van der Waals surface area contributed by atoms with Gasteiger partial charge in [0, 0.05) is 0 Å². The molecule has 0 heterocycles. The summed E-state index contributed by atoms with van der Waals surface area (Å²) in [6.45, 7) is 11.0. The van der Waals surface area contributed by atoms with E-state index in [1.54, 1.807) is 0 Å². The molecule has 0 aliphatic carbocycles. The predicted molar refractivity (Wildman–Crippen MR) is 52.9 cm³/mol. The van der Waals surface area contributed by atoms with Gasteiger partial charge in [-0.2, -0.15) is 0 Å². The summed E-state index contributed by atoms with van der Waals surface area (Å²) in [5, 5.41) is 7.89. The molecule has 0 aliphatic heterocycles. The Hall–Kier alpha value is 1.99. The summed E-state index contributed by atoms with van der Waals surface area (Å²) in [4.78, 5) is 0. The Morgan fingerprint density at radius 2 is 1.27 bits per heavy atom. The zero-order valence-corrected chi connectivity index (χ0v) is 14.1. The molecule has 0 saturated carbocycles. The van der Waals surface area contributed by atoms with Crippen LogP contribution in [0.25, 0.3) is 5.40 Å². The SMILES string of the molecule is CN([Si](C)(C)C)[Si](C)(C)[NH-].[K+]. The number of hydrogen-bond acceptors (Lipinski definition) is 1. The molecule has 0 bridgehead atoms. The second-order valence-electron chi connectivity index (χ2n) is 4.29. The third kappa shape index (κ3) is 6.11. The van der Waals surface area contributed by atoms with Gasteiger partial charge in [-0.05, 0) is 15.4 Å². The molecule has 0 amide bonds. The Bertz CT molecular complexity index is 103. The van der Waals surface area contributed by atoms with Gasteiger partial charge in [0.2, 0.25) is 0 Å². The third-order valence-electron chi connectivity index (χ3n) is 1.84. The van der Waals surface area contributed by atoms with Crippen molar-refractivity contribution in [3.05, 3.63) is 5.40 Å². The molecule has 0 saturated heterocycles. The van der Waals surface area contributed by atoms with Crippen molar-refractivity contribution >= 4 is 16.6 Å². The van der Waals surface area contributed by atoms with Crippen LogP contribution in [0.3, 0.4) is 0 Å². The van der Waals surface area contributed by atoms with Gasteiger partial charge in [0.15, 0.2) is 0 Å². The fourth-order valence-electron chi connectivity index (χ4n) is 0.839. The Labute approximate surface area is 116 Å². The van der Waals surface area contributed by atoms with Crippen LogP contribution in [-0.4, -0.2) is 27.9 Å². The molecule has 1 N–H and O–H groups in total. The topological polar surface area (TPSA) is 27.0 Å². The van der Waals surface area contributed by atoms with Crippen LogP contribution < -0.4 is 51.4 Å². The number of rotatable bonds is 2. The second kappa shape index (κ2) is 5.02. The van der Waals surface area contributed by atoms with Crippen LogP contribution in [0.5, 0.6) is 0 Å². The maximum absolute atomic E-state index is 7.89. The van der Waals surface area contributed by atoms with E-state index in [-0.39, 0.29) is 51.4 Å². The first-order valence-corrected chi connectivity index (χ1v) is 10.0. The van der Waals surface area contributed by atoms with Crippen molar-refractivity contribution < 1.29 is 51.4 Å². The molecule has 2 nitrogen and oxygen atoms in total. The van der Waals surface area contributed by atoms with E-state index >= 15 is 0 Å². The van der Waals surface area contributed by atoms with Crippen LogP contribution in [0.15, 0.2) is 0 Å². The van der Waals surface area contributed by atoms with E-state index in [1.165, 1.54) is 0 Å². The van der Waals surface area contributed by atoms with Crippen LogP contribution >= 0.6 is 0 Å². The molecular weight excluding hydrogens is 195 g/mol. The zero-order chi connectivity index (χ0) is 8.58. The molecule has 0 rings (SSSR count). The summed E-state index contributed by atoms with van der Waals surface area (Å²) in [5.41, 5.74) is 0. The zero-order valence-electron chi connectivity index (χ0n) is 8.95. The van der Waals surface area contributed by atoms with Gasteiger partial charge in [-0.25, -0.2) is 0 Å². The number of nitrogens with one attached hydrogen (secondary N) is 1. The van der Waals surface area contributed by atoms with Crippen molar-refractivity contribution in [2.75, 3.05) is 7.05 Å². The summed E-state index contributed by atoms with van der Waals surface area (Å²) in [6, 6.07) is 0. The van der Waals surface area contributed by atoms with Gasteiger partial charge in [-0.1, -0.05) is 32.7 Å². The van der Waals surface area contributed by atoms with Gasteiger partial charge in [-0.3, -0.25) is 0 Å². The molecule has 0 aromatic carbocycles. The van der Waals surface area contributed by atoms with Crippen molar-refractivity contribution in [1.82, 2.24) is 4.23 Å². The van der Waals surface area contributed by atoms with Crippen molar-refractivity contribution in [2.24, 2.45) is 0 Å². The van der Waals surface area contributed by atoms with Crippen LogP contribution in [0.4, 0.5) is 0 Å². The van der Waals surface area contributed by atoms with E-state index in [0.717, 1.165) is 0 Å². The Balaban J connectivity index is 0. The average molecular weight is 215 g/mol. The fraction of sp³-hybridized carbons (Fsp3) is 1.00. The van der Waals surface area contributed by atoms with E-state index < -0.39 is 16.6 Å². The average Bonchev–Trinajstić information content (AvgIpc) is 1.59. The fourth-order valence-corrected chi connectivity index (χ4v) is 7.55. The van der Waals surface area contributed by atoms with E-state index in [4.69, 9.17) is 5.40 Å². The summed E-state index contributed by atoms with van der Waals surface area (Å²) in [7, 11) is -0.837. The smallest absolute Gasteiger partial charge is 0.668 e. The van der Waals surface area contributed by atoms with Crippen LogP contribution in [-0.2, 0) is 0 Å². The molecule has 0 spiro atoms. The van der Waals surface area contributed by atoms with Crippen molar-refractivity contribution in [2.45, 2.75) is 32.7 Å². The standard InChI is InChI=1S/C6H19N2Si2.K/c1-8(9(2,3)4)10(5,6)7;/h7H,1-6H3;/q-1;+1. The molecule has 0 aromatic rings.